The number of carbonyl (C=O) groups excluding carboxylic acids is 1. The number of nitrogens with zero attached hydrogens (tertiary/aromatic N) is 2. The van der Waals surface area contributed by atoms with Crippen LogP contribution >= 0.6 is 22.9 Å². The zero-order valence-electron chi connectivity index (χ0n) is 12.4. The summed E-state index contributed by atoms with van der Waals surface area (Å²) < 4.78 is 11.4. The summed E-state index contributed by atoms with van der Waals surface area (Å²) in [6.45, 7) is 3.13. The molecule has 1 aliphatic heterocycles. The highest BCUT2D eigenvalue weighted by Crippen LogP contribution is 2.28. The molecule has 3 heterocycles. The molecular weight excluding hydrogens is 324 g/mol. The van der Waals surface area contributed by atoms with Crippen molar-refractivity contribution in [2.75, 3.05) is 20.2 Å². The van der Waals surface area contributed by atoms with Gasteiger partial charge >= 0.3 is 0 Å². The highest BCUT2D eigenvalue weighted by molar-refractivity contribution is 7.17. The quantitative estimate of drug-likeness (QED) is 0.858. The second-order valence-electron chi connectivity index (χ2n) is 5.49. The molecule has 3 rings (SSSR count). The molecule has 0 radical (unpaired) electrons. The summed E-state index contributed by atoms with van der Waals surface area (Å²) in [5.41, 5.74) is 0.864. The first-order valence-electron chi connectivity index (χ1n) is 7.06. The van der Waals surface area contributed by atoms with Crippen LogP contribution in [-0.4, -0.2) is 42.3 Å². The first-order chi connectivity index (χ1) is 10.6. The number of halogens is 1. The van der Waals surface area contributed by atoms with Crippen molar-refractivity contribution in [2.45, 2.75) is 19.4 Å². The fourth-order valence-corrected chi connectivity index (χ4v) is 3.84. The first kappa shape index (κ1) is 15.5. The van der Waals surface area contributed by atoms with Gasteiger partial charge < -0.3 is 14.2 Å². The van der Waals surface area contributed by atoms with Crippen LogP contribution in [0.25, 0.3) is 0 Å². The minimum absolute atomic E-state index is 0.00444. The Labute approximate surface area is 137 Å². The van der Waals surface area contributed by atoms with E-state index in [9.17, 15) is 4.79 Å². The summed E-state index contributed by atoms with van der Waals surface area (Å²) in [4.78, 5) is 15.0. The fraction of sp³-hybridized carbons (Fsp3) is 0.467. The van der Waals surface area contributed by atoms with Gasteiger partial charge in [0.05, 0.1) is 21.0 Å². The summed E-state index contributed by atoms with van der Waals surface area (Å²) >= 11 is 7.21. The van der Waals surface area contributed by atoms with E-state index in [4.69, 9.17) is 20.9 Å². The number of carbonyl (C=O) groups is 1. The predicted molar refractivity (Wildman–Crippen MR) is 84.5 cm³/mol. The smallest absolute Gasteiger partial charge is 0.264 e. The molecule has 2 atom stereocenters. The Morgan fingerprint density at radius 1 is 1.55 bits per heavy atom. The number of ether oxygens (including phenoxy) is 1. The molecule has 0 bridgehead atoms. The largest absolute Gasteiger partial charge is 0.379 e. The minimum atomic E-state index is 0.00444. The summed E-state index contributed by atoms with van der Waals surface area (Å²) in [7, 11) is 1.68. The average Bonchev–Trinajstić information content (AvgIpc) is 3.19. The van der Waals surface area contributed by atoms with Gasteiger partial charge in [0.1, 0.15) is 5.76 Å². The number of hydrogen-bond acceptors (Lipinski definition) is 5. The maximum absolute atomic E-state index is 12.5. The number of methoxy groups -OCH3 is 1. The lowest BCUT2D eigenvalue weighted by Crippen LogP contribution is -2.29. The normalized spacial score (nSPS) is 21.5. The summed E-state index contributed by atoms with van der Waals surface area (Å²) in [5, 5.41) is 3.90. The Hall–Kier alpha value is -1.37. The predicted octanol–water partition coefficient (Wildman–Crippen LogP) is 3.03. The molecule has 2 aromatic heterocycles. The molecule has 1 fully saturated rings. The zero-order chi connectivity index (χ0) is 15.7. The lowest BCUT2D eigenvalue weighted by atomic mass is 10.0. The molecule has 1 aliphatic rings. The van der Waals surface area contributed by atoms with Gasteiger partial charge in [-0.1, -0.05) is 16.8 Å². The molecule has 2 aromatic rings. The van der Waals surface area contributed by atoms with Crippen molar-refractivity contribution >= 4 is 28.8 Å². The molecule has 0 spiro atoms. The highest BCUT2D eigenvalue weighted by atomic mass is 35.5. The lowest BCUT2D eigenvalue weighted by molar-refractivity contribution is 0.0675. The van der Waals surface area contributed by atoms with Crippen molar-refractivity contribution in [3.05, 3.63) is 38.9 Å². The van der Waals surface area contributed by atoms with E-state index in [-0.39, 0.29) is 17.9 Å². The van der Waals surface area contributed by atoms with Gasteiger partial charge in [-0.2, -0.15) is 0 Å². The molecule has 0 N–H and O–H groups in total. The van der Waals surface area contributed by atoms with Gasteiger partial charge in [0.15, 0.2) is 0 Å². The van der Waals surface area contributed by atoms with Gasteiger partial charge in [0, 0.05) is 38.6 Å². The molecule has 5 nitrogen and oxygen atoms in total. The molecule has 118 valence electrons. The van der Waals surface area contributed by atoms with E-state index in [0.29, 0.717) is 28.7 Å². The van der Waals surface area contributed by atoms with Crippen LogP contribution in [-0.2, 0) is 11.2 Å². The van der Waals surface area contributed by atoms with Crippen molar-refractivity contribution < 1.29 is 14.1 Å². The monoisotopic (exact) mass is 340 g/mol. The van der Waals surface area contributed by atoms with Gasteiger partial charge in [-0.3, -0.25) is 4.79 Å². The number of hydrogen-bond donors (Lipinski definition) is 0. The van der Waals surface area contributed by atoms with Crippen molar-refractivity contribution in [1.29, 1.82) is 0 Å². The van der Waals surface area contributed by atoms with E-state index in [0.717, 1.165) is 11.5 Å². The third kappa shape index (κ3) is 3.19. The van der Waals surface area contributed by atoms with E-state index in [1.165, 1.54) is 11.3 Å². The summed E-state index contributed by atoms with van der Waals surface area (Å²) in [6, 6.07) is 5.44. The summed E-state index contributed by atoms with van der Waals surface area (Å²) in [5.74, 6) is 1.05. The molecule has 0 unspecified atom stereocenters. The molecule has 1 saturated heterocycles. The standard InChI is InChI=1S/C15H17ClN2O3S/c1-9-5-11(21-17-9)6-10-7-18(8-12(10)20-2)15(19)13-3-4-14(16)22-13/h3-5,10,12H,6-8H2,1-2H3/t10-,12+/m1/s1. The Morgan fingerprint density at radius 2 is 2.36 bits per heavy atom. The number of aryl methyl sites for hydroxylation is 1. The Bertz CT molecular complexity index is 669. The third-order valence-electron chi connectivity index (χ3n) is 3.90. The number of rotatable bonds is 4. The van der Waals surface area contributed by atoms with Crippen LogP contribution in [0, 0.1) is 12.8 Å². The highest BCUT2D eigenvalue weighted by Gasteiger charge is 2.36. The number of aromatic nitrogens is 1. The van der Waals surface area contributed by atoms with Crippen LogP contribution in [0.5, 0.6) is 0 Å². The van der Waals surface area contributed by atoms with Gasteiger partial charge in [-0.15, -0.1) is 11.3 Å². The topological polar surface area (TPSA) is 55.6 Å². The zero-order valence-corrected chi connectivity index (χ0v) is 14.0. The molecular formula is C15H17ClN2O3S. The van der Waals surface area contributed by atoms with Crippen LogP contribution in [0.4, 0.5) is 0 Å². The van der Waals surface area contributed by atoms with Crippen LogP contribution in [0.3, 0.4) is 0 Å². The third-order valence-corrected chi connectivity index (χ3v) is 5.11. The number of amides is 1. The van der Waals surface area contributed by atoms with Crippen molar-refractivity contribution in [3.63, 3.8) is 0 Å². The SMILES string of the molecule is CO[C@H]1CN(C(=O)c2ccc(Cl)s2)C[C@H]1Cc1cc(C)no1. The van der Waals surface area contributed by atoms with Crippen LogP contribution in [0.15, 0.2) is 22.7 Å². The van der Waals surface area contributed by atoms with Crippen LogP contribution < -0.4 is 0 Å². The van der Waals surface area contributed by atoms with E-state index < -0.39 is 0 Å². The van der Waals surface area contributed by atoms with Crippen molar-refractivity contribution in [2.24, 2.45) is 5.92 Å². The van der Waals surface area contributed by atoms with E-state index >= 15 is 0 Å². The second-order valence-corrected chi connectivity index (χ2v) is 7.20. The second kappa shape index (κ2) is 6.40. The van der Waals surface area contributed by atoms with Crippen molar-refractivity contribution in [1.82, 2.24) is 10.1 Å². The molecule has 0 saturated carbocycles. The Kier molecular flexibility index (Phi) is 4.52. The maximum atomic E-state index is 12.5. The Morgan fingerprint density at radius 3 is 2.95 bits per heavy atom. The average molecular weight is 341 g/mol. The molecule has 22 heavy (non-hydrogen) atoms. The van der Waals surface area contributed by atoms with Crippen molar-refractivity contribution in [3.8, 4) is 0 Å². The van der Waals surface area contributed by atoms with Gasteiger partial charge in [0.25, 0.3) is 5.91 Å². The molecule has 7 heteroatoms. The lowest BCUT2D eigenvalue weighted by Gasteiger charge is -2.14. The first-order valence-corrected chi connectivity index (χ1v) is 8.26. The molecule has 1 amide bonds. The Balaban J connectivity index is 1.70. The fourth-order valence-electron chi connectivity index (χ4n) is 2.83. The molecule has 0 aliphatic carbocycles. The maximum Gasteiger partial charge on any atom is 0.264 e. The van der Waals surface area contributed by atoms with Gasteiger partial charge in [-0.05, 0) is 19.1 Å². The van der Waals surface area contributed by atoms with Gasteiger partial charge in [0.2, 0.25) is 0 Å². The van der Waals surface area contributed by atoms with Gasteiger partial charge in [-0.25, -0.2) is 0 Å². The van der Waals surface area contributed by atoms with E-state index in [1.807, 2.05) is 17.9 Å². The summed E-state index contributed by atoms with van der Waals surface area (Å²) in [6.07, 6.45) is 0.721. The minimum Gasteiger partial charge on any atom is -0.379 e. The van der Waals surface area contributed by atoms with Crippen LogP contribution in [0.2, 0.25) is 4.34 Å². The number of thiophene rings is 1. The van der Waals surface area contributed by atoms with E-state index in [1.54, 1.807) is 19.2 Å². The number of likely N-dealkylation sites (tertiary alicyclic amines) is 1. The molecule has 0 aromatic carbocycles. The van der Waals surface area contributed by atoms with E-state index in [2.05, 4.69) is 5.16 Å². The van der Waals surface area contributed by atoms with Crippen LogP contribution in [0.1, 0.15) is 21.1 Å².